The molecule has 2 aliphatic heterocycles. The zero-order valence-corrected chi connectivity index (χ0v) is 12.7. The van der Waals surface area contributed by atoms with Crippen LogP contribution in [0.2, 0.25) is 0 Å². The van der Waals surface area contributed by atoms with E-state index in [4.69, 9.17) is 0 Å². The maximum absolute atomic E-state index is 11.9. The Bertz CT molecular complexity index is 462. The number of rotatable bonds is 5. The monoisotopic (exact) mass is 287 g/mol. The topological polar surface area (TPSA) is 44.4 Å². The van der Waals surface area contributed by atoms with Crippen molar-refractivity contribution >= 4 is 5.91 Å². The summed E-state index contributed by atoms with van der Waals surface area (Å²) in [6, 6.07) is 12.0. The minimum Gasteiger partial charge on any atom is -0.351 e. The van der Waals surface area contributed by atoms with Crippen molar-refractivity contribution in [1.82, 2.24) is 15.5 Å². The molecule has 4 nitrogen and oxygen atoms in total. The van der Waals surface area contributed by atoms with Gasteiger partial charge in [-0.3, -0.25) is 4.79 Å². The van der Waals surface area contributed by atoms with Crippen molar-refractivity contribution in [2.24, 2.45) is 0 Å². The van der Waals surface area contributed by atoms with Gasteiger partial charge < -0.3 is 15.5 Å². The predicted molar refractivity (Wildman–Crippen MR) is 83.9 cm³/mol. The molecule has 1 aromatic carbocycles. The van der Waals surface area contributed by atoms with E-state index in [0.717, 1.165) is 5.56 Å². The van der Waals surface area contributed by atoms with Crippen LogP contribution in [0, 0.1) is 0 Å². The van der Waals surface area contributed by atoms with Crippen molar-refractivity contribution in [3.05, 3.63) is 35.9 Å². The average molecular weight is 287 g/mol. The van der Waals surface area contributed by atoms with Gasteiger partial charge in [-0.25, -0.2) is 0 Å². The molecule has 2 saturated heterocycles. The van der Waals surface area contributed by atoms with Crippen LogP contribution in [0.15, 0.2) is 30.3 Å². The molecule has 1 amide bonds. The standard InChI is InChI=1S/C17H25N3O/c1-20-15-7-8-16(20)10-14(9-15)18-12-17(21)19-11-13-5-3-2-4-6-13/h2-6,14-16,18H,7-12H2,1H3,(H,19,21). The van der Waals surface area contributed by atoms with E-state index in [-0.39, 0.29) is 5.91 Å². The summed E-state index contributed by atoms with van der Waals surface area (Å²) < 4.78 is 0. The fourth-order valence-electron chi connectivity index (χ4n) is 3.67. The Balaban J connectivity index is 1.38. The fraction of sp³-hybridized carbons (Fsp3) is 0.588. The molecule has 2 aliphatic rings. The molecule has 0 aliphatic carbocycles. The summed E-state index contributed by atoms with van der Waals surface area (Å²) in [5.74, 6) is 0.0881. The van der Waals surface area contributed by atoms with E-state index >= 15 is 0 Å². The molecular weight excluding hydrogens is 262 g/mol. The van der Waals surface area contributed by atoms with Crippen LogP contribution >= 0.6 is 0 Å². The van der Waals surface area contributed by atoms with Gasteiger partial charge in [-0.2, -0.15) is 0 Å². The molecule has 21 heavy (non-hydrogen) atoms. The van der Waals surface area contributed by atoms with E-state index in [1.807, 2.05) is 30.3 Å². The van der Waals surface area contributed by atoms with Gasteiger partial charge >= 0.3 is 0 Å². The molecule has 2 bridgehead atoms. The number of amides is 1. The summed E-state index contributed by atoms with van der Waals surface area (Å²) in [6.45, 7) is 1.04. The minimum absolute atomic E-state index is 0.0881. The van der Waals surface area contributed by atoms with E-state index in [2.05, 4.69) is 22.6 Å². The number of hydrogen-bond donors (Lipinski definition) is 2. The van der Waals surface area contributed by atoms with Gasteiger partial charge in [-0.05, 0) is 38.3 Å². The smallest absolute Gasteiger partial charge is 0.234 e. The van der Waals surface area contributed by atoms with Crippen LogP contribution in [0.5, 0.6) is 0 Å². The lowest BCUT2D eigenvalue weighted by Gasteiger charge is -2.36. The molecule has 0 aromatic heterocycles. The van der Waals surface area contributed by atoms with E-state index in [0.29, 0.717) is 31.2 Å². The molecule has 0 radical (unpaired) electrons. The molecule has 1 aromatic rings. The van der Waals surface area contributed by atoms with Crippen LogP contribution in [-0.2, 0) is 11.3 Å². The first kappa shape index (κ1) is 14.5. The molecule has 4 heteroatoms. The number of nitrogens with zero attached hydrogens (tertiary/aromatic N) is 1. The largest absolute Gasteiger partial charge is 0.351 e. The van der Waals surface area contributed by atoms with Crippen molar-refractivity contribution in [2.75, 3.05) is 13.6 Å². The van der Waals surface area contributed by atoms with Gasteiger partial charge in [0.05, 0.1) is 6.54 Å². The van der Waals surface area contributed by atoms with Gasteiger partial charge in [-0.15, -0.1) is 0 Å². The molecule has 2 unspecified atom stereocenters. The Kier molecular flexibility index (Phi) is 4.56. The minimum atomic E-state index is 0.0881. The molecule has 2 fully saturated rings. The van der Waals surface area contributed by atoms with Crippen molar-refractivity contribution in [2.45, 2.75) is 50.4 Å². The molecule has 2 atom stereocenters. The highest BCUT2D eigenvalue weighted by molar-refractivity contribution is 5.78. The summed E-state index contributed by atoms with van der Waals surface area (Å²) in [4.78, 5) is 14.4. The van der Waals surface area contributed by atoms with Gasteiger partial charge in [0.15, 0.2) is 0 Å². The molecule has 114 valence electrons. The second-order valence-corrected chi connectivity index (χ2v) is 6.36. The van der Waals surface area contributed by atoms with Crippen molar-refractivity contribution in [1.29, 1.82) is 0 Å². The first-order chi connectivity index (χ1) is 10.2. The van der Waals surface area contributed by atoms with Crippen molar-refractivity contribution in [3.63, 3.8) is 0 Å². The van der Waals surface area contributed by atoms with E-state index in [1.54, 1.807) is 0 Å². The Labute approximate surface area is 126 Å². The average Bonchev–Trinajstić information content (AvgIpc) is 2.74. The number of fused-ring (bicyclic) bond motifs is 2. The highest BCUT2D eigenvalue weighted by Gasteiger charge is 2.38. The van der Waals surface area contributed by atoms with Crippen LogP contribution < -0.4 is 10.6 Å². The fourth-order valence-corrected chi connectivity index (χ4v) is 3.67. The number of carbonyl (C=O) groups excluding carboxylic acids is 1. The van der Waals surface area contributed by atoms with Crippen LogP contribution in [-0.4, -0.2) is 42.5 Å². The van der Waals surface area contributed by atoms with E-state index in [9.17, 15) is 4.79 Å². The quantitative estimate of drug-likeness (QED) is 0.863. The summed E-state index contributed by atoms with van der Waals surface area (Å²) in [6.07, 6.45) is 5.00. The Morgan fingerprint density at radius 1 is 1.19 bits per heavy atom. The van der Waals surface area contributed by atoms with Crippen LogP contribution in [0.25, 0.3) is 0 Å². The number of piperidine rings is 1. The molecule has 2 N–H and O–H groups in total. The van der Waals surface area contributed by atoms with Gasteiger partial charge in [0.25, 0.3) is 0 Å². The first-order valence-corrected chi connectivity index (χ1v) is 7.98. The van der Waals surface area contributed by atoms with Gasteiger partial charge in [0.2, 0.25) is 5.91 Å². The van der Waals surface area contributed by atoms with Gasteiger partial charge in [0.1, 0.15) is 0 Å². The lowest BCUT2D eigenvalue weighted by Crippen LogP contribution is -2.49. The second kappa shape index (κ2) is 6.58. The van der Waals surface area contributed by atoms with Crippen LogP contribution in [0.3, 0.4) is 0 Å². The van der Waals surface area contributed by atoms with Gasteiger partial charge in [-0.1, -0.05) is 30.3 Å². The maximum atomic E-state index is 11.9. The Morgan fingerprint density at radius 3 is 2.52 bits per heavy atom. The normalized spacial score (nSPS) is 28.5. The third-order valence-corrected chi connectivity index (χ3v) is 4.98. The molecule has 0 saturated carbocycles. The summed E-state index contributed by atoms with van der Waals surface area (Å²) in [5, 5.41) is 6.41. The Hall–Kier alpha value is -1.39. The molecular formula is C17H25N3O. The van der Waals surface area contributed by atoms with Crippen LogP contribution in [0.4, 0.5) is 0 Å². The highest BCUT2D eigenvalue weighted by Crippen LogP contribution is 2.33. The highest BCUT2D eigenvalue weighted by atomic mass is 16.1. The SMILES string of the molecule is CN1C2CCC1CC(NCC(=O)NCc1ccccc1)C2. The van der Waals surface area contributed by atoms with Crippen LogP contribution in [0.1, 0.15) is 31.2 Å². The maximum Gasteiger partial charge on any atom is 0.234 e. The second-order valence-electron chi connectivity index (χ2n) is 6.36. The van der Waals surface area contributed by atoms with Crippen molar-refractivity contribution in [3.8, 4) is 0 Å². The lowest BCUT2D eigenvalue weighted by atomic mass is 9.98. The lowest BCUT2D eigenvalue weighted by molar-refractivity contribution is -0.120. The zero-order chi connectivity index (χ0) is 14.7. The van der Waals surface area contributed by atoms with Gasteiger partial charge in [0, 0.05) is 24.7 Å². The molecule has 0 spiro atoms. The van der Waals surface area contributed by atoms with Crippen molar-refractivity contribution < 1.29 is 4.79 Å². The predicted octanol–water partition coefficient (Wildman–Crippen LogP) is 1.52. The number of benzene rings is 1. The molecule has 3 rings (SSSR count). The number of carbonyl (C=O) groups is 1. The number of hydrogen-bond acceptors (Lipinski definition) is 3. The summed E-state index contributed by atoms with van der Waals surface area (Å²) in [5.41, 5.74) is 1.14. The first-order valence-electron chi connectivity index (χ1n) is 7.98. The summed E-state index contributed by atoms with van der Waals surface area (Å²) >= 11 is 0. The Morgan fingerprint density at radius 2 is 1.86 bits per heavy atom. The van der Waals surface area contributed by atoms with E-state index in [1.165, 1.54) is 25.7 Å². The third kappa shape index (κ3) is 3.63. The number of nitrogens with one attached hydrogen (secondary N) is 2. The zero-order valence-electron chi connectivity index (χ0n) is 12.7. The van der Waals surface area contributed by atoms with E-state index < -0.39 is 0 Å². The molecule has 2 heterocycles. The third-order valence-electron chi connectivity index (χ3n) is 4.98. The summed E-state index contributed by atoms with van der Waals surface area (Å²) in [7, 11) is 2.24.